The standard InChI is InChI=1S/C12H18N4O2/c1-4-14-9-7-8(5-6-15-9)10(17)16-12(2,3)11(13)18/h5-7H,4H2,1-3H3,(H2,13,18)(H,14,15)(H,16,17). The maximum absolute atomic E-state index is 11.9. The summed E-state index contributed by atoms with van der Waals surface area (Å²) < 4.78 is 0. The molecule has 1 rings (SSSR count). The van der Waals surface area contributed by atoms with Gasteiger partial charge in [0.25, 0.3) is 5.91 Å². The molecule has 0 spiro atoms. The lowest BCUT2D eigenvalue weighted by Crippen LogP contribution is -2.53. The molecule has 2 amide bonds. The van der Waals surface area contributed by atoms with E-state index in [0.29, 0.717) is 17.9 Å². The van der Waals surface area contributed by atoms with E-state index in [0.717, 1.165) is 0 Å². The number of nitrogens with two attached hydrogens (primary N) is 1. The third kappa shape index (κ3) is 3.44. The lowest BCUT2D eigenvalue weighted by molar-refractivity contribution is -0.122. The summed E-state index contributed by atoms with van der Waals surface area (Å²) in [5, 5.41) is 5.58. The molecule has 6 heteroatoms. The van der Waals surface area contributed by atoms with Gasteiger partial charge in [0.2, 0.25) is 5.91 Å². The summed E-state index contributed by atoms with van der Waals surface area (Å²) in [4.78, 5) is 27.1. The van der Waals surface area contributed by atoms with Crippen LogP contribution in [0.25, 0.3) is 0 Å². The number of hydrogen-bond donors (Lipinski definition) is 3. The van der Waals surface area contributed by atoms with Crippen LogP contribution in [-0.2, 0) is 4.79 Å². The summed E-state index contributed by atoms with van der Waals surface area (Å²) in [5.74, 6) is -0.334. The number of anilines is 1. The number of rotatable bonds is 5. The van der Waals surface area contributed by atoms with E-state index < -0.39 is 11.4 Å². The molecule has 0 radical (unpaired) electrons. The molecule has 0 saturated heterocycles. The van der Waals surface area contributed by atoms with Gasteiger partial charge in [-0.3, -0.25) is 9.59 Å². The summed E-state index contributed by atoms with van der Waals surface area (Å²) in [5.41, 5.74) is 4.54. The van der Waals surface area contributed by atoms with Crippen LogP contribution in [-0.4, -0.2) is 28.9 Å². The molecule has 0 saturated carbocycles. The maximum Gasteiger partial charge on any atom is 0.252 e. The highest BCUT2D eigenvalue weighted by Crippen LogP contribution is 2.09. The Hall–Kier alpha value is -2.11. The van der Waals surface area contributed by atoms with Crippen molar-refractivity contribution in [3.63, 3.8) is 0 Å². The molecule has 0 aromatic carbocycles. The smallest absolute Gasteiger partial charge is 0.252 e. The van der Waals surface area contributed by atoms with E-state index in [9.17, 15) is 9.59 Å². The Bertz CT molecular complexity index is 457. The zero-order valence-electron chi connectivity index (χ0n) is 10.8. The Morgan fingerprint density at radius 3 is 2.67 bits per heavy atom. The molecular weight excluding hydrogens is 232 g/mol. The number of carbonyl (C=O) groups excluding carboxylic acids is 2. The number of aromatic nitrogens is 1. The van der Waals surface area contributed by atoms with E-state index in [1.807, 2.05) is 6.92 Å². The minimum Gasteiger partial charge on any atom is -0.370 e. The zero-order valence-corrected chi connectivity index (χ0v) is 10.8. The van der Waals surface area contributed by atoms with Crippen molar-refractivity contribution in [1.29, 1.82) is 0 Å². The molecule has 1 aromatic rings. The predicted octanol–water partition coefficient (Wildman–Crippen LogP) is 0.507. The van der Waals surface area contributed by atoms with E-state index in [-0.39, 0.29) is 5.91 Å². The molecule has 4 N–H and O–H groups in total. The van der Waals surface area contributed by atoms with Crippen LogP contribution in [0.5, 0.6) is 0 Å². The SMILES string of the molecule is CCNc1cc(C(=O)NC(C)(C)C(N)=O)ccn1. The van der Waals surface area contributed by atoms with Gasteiger partial charge in [-0.15, -0.1) is 0 Å². The third-order valence-corrected chi connectivity index (χ3v) is 2.42. The maximum atomic E-state index is 11.9. The minimum atomic E-state index is -1.08. The average molecular weight is 250 g/mol. The quantitative estimate of drug-likeness (QED) is 0.709. The first-order chi connectivity index (χ1) is 8.36. The number of primary amides is 1. The van der Waals surface area contributed by atoms with Crippen molar-refractivity contribution in [3.05, 3.63) is 23.9 Å². The number of nitrogens with one attached hydrogen (secondary N) is 2. The van der Waals surface area contributed by atoms with Crippen molar-refractivity contribution in [2.45, 2.75) is 26.3 Å². The summed E-state index contributed by atoms with van der Waals surface area (Å²) in [6.07, 6.45) is 1.53. The van der Waals surface area contributed by atoms with Gasteiger partial charge in [-0.05, 0) is 32.9 Å². The first kappa shape index (κ1) is 14.0. The van der Waals surface area contributed by atoms with Gasteiger partial charge in [0.05, 0.1) is 0 Å². The van der Waals surface area contributed by atoms with Gasteiger partial charge in [-0.2, -0.15) is 0 Å². The van der Waals surface area contributed by atoms with Crippen LogP contribution in [0.4, 0.5) is 5.82 Å². The molecule has 0 aliphatic rings. The molecule has 0 fully saturated rings. The number of amides is 2. The first-order valence-corrected chi connectivity index (χ1v) is 5.69. The molecule has 1 aromatic heterocycles. The molecule has 0 unspecified atom stereocenters. The van der Waals surface area contributed by atoms with Crippen LogP contribution >= 0.6 is 0 Å². The fraction of sp³-hybridized carbons (Fsp3) is 0.417. The van der Waals surface area contributed by atoms with Gasteiger partial charge in [0, 0.05) is 18.3 Å². The number of pyridine rings is 1. The fourth-order valence-corrected chi connectivity index (χ4v) is 1.27. The summed E-state index contributed by atoms with van der Waals surface area (Å²) in [7, 11) is 0. The zero-order chi connectivity index (χ0) is 13.8. The van der Waals surface area contributed by atoms with Crippen molar-refractivity contribution in [2.24, 2.45) is 5.73 Å². The normalized spacial score (nSPS) is 10.8. The first-order valence-electron chi connectivity index (χ1n) is 5.69. The highest BCUT2D eigenvalue weighted by atomic mass is 16.2. The summed E-state index contributed by atoms with van der Waals surface area (Å²) in [6, 6.07) is 3.20. The van der Waals surface area contributed by atoms with E-state index in [1.165, 1.54) is 6.20 Å². The number of hydrogen-bond acceptors (Lipinski definition) is 4. The van der Waals surface area contributed by atoms with E-state index in [1.54, 1.807) is 26.0 Å². The monoisotopic (exact) mass is 250 g/mol. The summed E-state index contributed by atoms with van der Waals surface area (Å²) >= 11 is 0. The van der Waals surface area contributed by atoms with Crippen molar-refractivity contribution in [1.82, 2.24) is 10.3 Å². The molecule has 1 heterocycles. The highest BCUT2D eigenvalue weighted by molar-refractivity contribution is 5.98. The van der Waals surface area contributed by atoms with Crippen LogP contribution in [0.3, 0.4) is 0 Å². The number of nitrogens with zero attached hydrogens (tertiary/aromatic N) is 1. The average Bonchev–Trinajstić information content (AvgIpc) is 2.29. The topological polar surface area (TPSA) is 97.1 Å². The Labute approximate surface area is 106 Å². The minimum absolute atomic E-state index is 0.361. The van der Waals surface area contributed by atoms with E-state index in [4.69, 9.17) is 5.73 Å². The molecule has 0 aliphatic carbocycles. The van der Waals surface area contributed by atoms with Gasteiger partial charge >= 0.3 is 0 Å². The summed E-state index contributed by atoms with van der Waals surface area (Å²) in [6.45, 7) is 5.76. The van der Waals surface area contributed by atoms with Gasteiger partial charge in [-0.25, -0.2) is 4.98 Å². The van der Waals surface area contributed by atoms with Crippen LogP contribution in [0.2, 0.25) is 0 Å². The van der Waals surface area contributed by atoms with Gasteiger partial charge in [-0.1, -0.05) is 0 Å². The molecule has 0 atom stereocenters. The van der Waals surface area contributed by atoms with Crippen molar-refractivity contribution >= 4 is 17.6 Å². The van der Waals surface area contributed by atoms with Crippen LogP contribution in [0.15, 0.2) is 18.3 Å². The van der Waals surface area contributed by atoms with Crippen LogP contribution in [0, 0.1) is 0 Å². The molecule has 0 bridgehead atoms. The molecular formula is C12H18N4O2. The number of carbonyl (C=O) groups is 2. The third-order valence-electron chi connectivity index (χ3n) is 2.42. The second kappa shape index (κ2) is 5.48. The van der Waals surface area contributed by atoms with E-state index >= 15 is 0 Å². The van der Waals surface area contributed by atoms with Crippen molar-refractivity contribution < 1.29 is 9.59 Å². The van der Waals surface area contributed by atoms with Gasteiger partial charge in [0.1, 0.15) is 11.4 Å². The lowest BCUT2D eigenvalue weighted by Gasteiger charge is -2.22. The van der Waals surface area contributed by atoms with Gasteiger partial charge < -0.3 is 16.4 Å². The van der Waals surface area contributed by atoms with Crippen molar-refractivity contribution in [2.75, 3.05) is 11.9 Å². The lowest BCUT2D eigenvalue weighted by atomic mass is 10.0. The Morgan fingerprint density at radius 1 is 1.44 bits per heavy atom. The molecule has 0 aliphatic heterocycles. The van der Waals surface area contributed by atoms with Crippen molar-refractivity contribution in [3.8, 4) is 0 Å². The van der Waals surface area contributed by atoms with E-state index in [2.05, 4.69) is 15.6 Å². The Balaban J connectivity index is 2.84. The predicted molar refractivity (Wildman–Crippen MR) is 69.1 cm³/mol. The van der Waals surface area contributed by atoms with Crippen LogP contribution < -0.4 is 16.4 Å². The van der Waals surface area contributed by atoms with Gasteiger partial charge in [0.15, 0.2) is 0 Å². The fourth-order valence-electron chi connectivity index (χ4n) is 1.27. The molecule has 98 valence electrons. The molecule has 18 heavy (non-hydrogen) atoms. The largest absolute Gasteiger partial charge is 0.370 e. The van der Waals surface area contributed by atoms with Crippen LogP contribution in [0.1, 0.15) is 31.1 Å². The Kier molecular flexibility index (Phi) is 4.25. The second-order valence-electron chi connectivity index (χ2n) is 4.40. The molecule has 6 nitrogen and oxygen atoms in total. The Morgan fingerprint density at radius 2 is 2.11 bits per heavy atom. The highest BCUT2D eigenvalue weighted by Gasteiger charge is 2.27. The second-order valence-corrected chi connectivity index (χ2v) is 4.40.